The van der Waals surface area contributed by atoms with Crippen LogP contribution in [0.5, 0.6) is 0 Å². The lowest BCUT2D eigenvalue weighted by Gasteiger charge is -2.30. The van der Waals surface area contributed by atoms with Gasteiger partial charge in [0.2, 0.25) is 17.8 Å². The molecule has 2 aromatic rings. The molecule has 0 unspecified atom stereocenters. The zero-order valence-corrected chi connectivity index (χ0v) is 17.5. The summed E-state index contributed by atoms with van der Waals surface area (Å²) in [4.78, 5) is 29.3. The molecule has 0 atom stereocenters. The predicted molar refractivity (Wildman–Crippen MR) is 117 cm³/mol. The van der Waals surface area contributed by atoms with Crippen LogP contribution in [0.4, 0.5) is 23.5 Å². The number of anilines is 3. The van der Waals surface area contributed by atoms with Crippen molar-refractivity contribution in [2.45, 2.75) is 45.1 Å². The number of benzene rings is 1. The molecule has 0 bridgehead atoms. The Bertz CT molecular complexity index is 942. The highest BCUT2D eigenvalue weighted by Crippen LogP contribution is 2.24. The van der Waals surface area contributed by atoms with Gasteiger partial charge in [-0.05, 0) is 50.7 Å². The van der Waals surface area contributed by atoms with Gasteiger partial charge in [0.1, 0.15) is 0 Å². The van der Waals surface area contributed by atoms with Crippen LogP contribution in [-0.4, -0.2) is 46.1 Å². The van der Waals surface area contributed by atoms with Crippen LogP contribution in [0, 0.1) is 21.4 Å². The molecule has 10 heteroatoms. The van der Waals surface area contributed by atoms with Gasteiger partial charge in [0.15, 0.2) is 0 Å². The van der Waals surface area contributed by atoms with Gasteiger partial charge < -0.3 is 15.1 Å². The van der Waals surface area contributed by atoms with E-state index in [-0.39, 0.29) is 17.8 Å². The third-order valence-electron chi connectivity index (χ3n) is 5.74. The lowest BCUT2D eigenvalue weighted by Crippen LogP contribution is -2.34. The summed E-state index contributed by atoms with van der Waals surface area (Å²) in [6, 6.07) is 6.41. The van der Waals surface area contributed by atoms with E-state index in [0.29, 0.717) is 23.4 Å². The van der Waals surface area contributed by atoms with Crippen LogP contribution in [0.25, 0.3) is 0 Å². The van der Waals surface area contributed by atoms with Crippen LogP contribution in [0.1, 0.15) is 49.7 Å². The average molecular weight is 422 g/mol. The van der Waals surface area contributed by atoms with Crippen molar-refractivity contribution in [3.63, 3.8) is 0 Å². The molecule has 0 saturated carbocycles. The number of hydrogen-bond acceptors (Lipinski definition) is 9. The Labute approximate surface area is 181 Å². The summed E-state index contributed by atoms with van der Waals surface area (Å²) in [5, 5.41) is 23.6. The lowest BCUT2D eigenvalue weighted by atomic mass is 10.1. The van der Waals surface area contributed by atoms with Crippen molar-refractivity contribution in [1.29, 1.82) is 5.26 Å². The van der Waals surface area contributed by atoms with Gasteiger partial charge in [-0.1, -0.05) is 0 Å². The van der Waals surface area contributed by atoms with Gasteiger partial charge in [-0.2, -0.15) is 20.2 Å². The van der Waals surface area contributed by atoms with E-state index in [4.69, 9.17) is 10.2 Å². The Morgan fingerprint density at radius 1 is 0.968 bits per heavy atom. The minimum Gasteiger partial charge on any atom is -0.350 e. The molecule has 2 aliphatic heterocycles. The average Bonchev–Trinajstić information content (AvgIpc) is 2.83. The first-order chi connectivity index (χ1) is 15.1. The fraction of sp³-hybridized carbons (Fsp3) is 0.524. The molecule has 31 heavy (non-hydrogen) atoms. The first kappa shape index (κ1) is 20.8. The number of hydrogen-bond donors (Lipinski definition) is 1. The number of nitrogens with one attached hydrogen (secondary N) is 1. The number of nitriles is 1. The number of rotatable bonds is 6. The second kappa shape index (κ2) is 9.55. The molecule has 0 amide bonds. The van der Waals surface area contributed by atoms with Crippen LogP contribution in [-0.2, 0) is 6.54 Å². The molecule has 1 aromatic heterocycles. The zero-order chi connectivity index (χ0) is 21.6. The maximum absolute atomic E-state index is 11.4. The minimum atomic E-state index is -0.469. The highest BCUT2D eigenvalue weighted by Gasteiger charge is 2.21. The van der Waals surface area contributed by atoms with Crippen molar-refractivity contribution < 1.29 is 4.92 Å². The summed E-state index contributed by atoms with van der Waals surface area (Å²) < 4.78 is 0. The molecule has 2 aliphatic rings. The first-order valence-corrected chi connectivity index (χ1v) is 10.8. The van der Waals surface area contributed by atoms with E-state index in [1.807, 2.05) is 6.07 Å². The fourth-order valence-corrected chi connectivity index (χ4v) is 4.03. The molecule has 0 radical (unpaired) electrons. The maximum atomic E-state index is 11.4. The molecule has 162 valence electrons. The van der Waals surface area contributed by atoms with E-state index in [0.717, 1.165) is 51.9 Å². The Hall–Kier alpha value is -3.48. The van der Waals surface area contributed by atoms with Gasteiger partial charge in [-0.25, -0.2) is 0 Å². The van der Waals surface area contributed by atoms with Crippen molar-refractivity contribution >= 4 is 23.5 Å². The van der Waals surface area contributed by atoms with Crippen molar-refractivity contribution in [2.75, 3.05) is 41.3 Å². The molecular formula is C21H26N8O2. The lowest BCUT2D eigenvalue weighted by molar-refractivity contribution is -0.385. The molecule has 2 fully saturated rings. The van der Waals surface area contributed by atoms with Crippen LogP contribution in [0.3, 0.4) is 0 Å². The maximum Gasteiger partial charge on any atom is 0.275 e. The number of piperidine rings is 2. The van der Waals surface area contributed by atoms with E-state index >= 15 is 0 Å². The topological polar surface area (TPSA) is 124 Å². The van der Waals surface area contributed by atoms with E-state index in [1.165, 1.54) is 18.9 Å². The van der Waals surface area contributed by atoms with E-state index in [1.54, 1.807) is 12.1 Å². The molecule has 1 aromatic carbocycles. The van der Waals surface area contributed by atoms with Crippen molar-refractivity contribution in [1.82, 2.24) is 15.0 Å². The number of nitrogens with zero attached hydrogens (tertiary/aromatic N) is 7. The third-order valence-corrected chi connectivity index (χ3v) is 5.74. The Balaban J connectivity index is 1.59. The van der Waals surface area contributed by atoms with Crippen LogP contribution >= 0.6 is 0 Å². The van der Waals surface area contributed by atoms with Gasteiger partial charge in [-0.15, -0.1) is 0 Å². The van der Waals surface area contributed by atoms with Gasteiger partial charge in [0, 0.05) is 44.4 Å². The molecule has 0 aliphatic carbocycles. The molecule has 1 N–H and O–H groups in total. The third kappa shape index (κ3) is 4.99. The largest absolute Gasteiger partial charge is 0.350 e. The smallest absolute Gasteiger partial charge is 0.275 e. The molecular weight excluding hydrogens is 396 g/mol. The molecule has 4 rings (SSSR count). The van der Waals surface area contributed by atoms with Crippen molar-refractivity contribution in [2.24, 2.45) is 0 Å². The summed E-state index contributed by atoms with van der Waals surface area (Å²) in [6.07, 6.45) is 6.90. The SMILES string of the molecule is N#Cc1ccc(CNc2nc(N3CCCCC3)nc(N3CCCCC3)n2)c([N+](=O)[O-])c1. The molecule has 10 nitrogen and oxygen atoms in total. The van der Waals surface area contributed by atoms with Gasteiger partial charge >= 0.3 is 0 Å². The van der Waals surface area contributed by atoms with Crippen LogP contribution in [0.15, 0.2) is 18.2 Å². The zero-order valence-electron chi connectivity index (χ0n) is 17.5. The number of aromatic nitrogens is 3. The van der Waals surface area contributed by atoms with E-state index in [2.05, 4.69) is 25.1 Å². The normalized spacial score (nSPS) is 16.6. The Kier molecular flexibility index (Phi) is 6.40. The number of nitro benzene ring substituents is 1. The summed E-state index contributed by atoms with van der Waals surface area (Å²) in [5.74, 6) is 1.73. The van der Waals surface area contributed by atoms with E-state index < -0.39 is 4.92 Å². The quantitative estimate of drug-likeness (QED) is 0.551. The molecule has 0 spiro atoms. The Morgan fingerprint density at radius 3 is 2.06 bits per heavy atom. The fourth-order valence-electron chi connectivity index (χ4n) is 4.03. The van der Waals surface area contributed by atoms with Crippen molar-refractivity contribution in [3.05, 3.63) is 39.4 Å². The molecule has 3 heterocycles. The second-order valence-corrected chi connectivity index (χ2v) is 7.92. The first-order valence-electron chi connectivity index (χ1n) is 10.8. The highest BCUT2D eigenvalue weighted by molar-refractivity contribution is 5.50. The van der Waals surface area contributed by atoms with Gasteiger partial charge in [0.25, 0.3) is 5.69 Å². The van der Waals surface area contributed by atoms with Crippen molar-refractivity contribution in [3.8, 4) is 6.07 Å². The second-order valence-electron chi connectivity index (χ2n) is 7.92. The number of nitro groups is 1. The summed E-state index contributed by atoms with van der Waals surface area (Å²) >= 11 is 0. The minimum absolute atomic E-state index is 0.0897. The standard InChI is InChI=1S/C21H26N8O2/c22-14-16-7-8-17(18(13-16)29(30)31)15-23-19-24-20(27-9-3-1-4-10-27)26-21(25-19)28-11-5-2-6-12-28/h7-8,13H,1-6,9-12,15H2,(H,23,24,25,26). The predicted octanol–water partition coefficient (Wildman–Crippen LogP) is 3.24. The summed E-state index contributed by atoms with van der Waals surface area (Å²) in [6.45, 7) is 3.87. The van der Waals surface area contributed by atoms with Gasteiger partial charge in [-0.3, -0.25) is 10.1 Å². The highest BCUT2D eigenvalue weighted by atomic mass is 16.6. The molecule has 2 saturated heterocycles. The Morgan fingerprint density at radius 2 is 1.55 bits per heavy atom. The monoisotopic (exact) mass is 422 g/mol. The van der Waals surface area contributed by atoms with E-state index in [9.17, 15) is 10.1 Å². The summed E-state index contributed by atoms with van der Waals surface area (Å²) in [5.41, 5.74) is 0.645. The van der Waals surface area contributed by atoms with Crippen LogP contribution in [0.2, 0.25) is 0 Å². The summed E-state index contributed by atoms with van der Waals surface area (Å²) in [7, 11) is 0. The van der Waals surface area contributed by atoms with Crippen LogP contribution < -0.4 is 15.1 Å². The van der Waals surface area contributed by atoms with Gasteiger partial charge in [0.05, 0.1) is 16.6 Å².